The molecular formula is C16H27NO. The van der Waals surface area contributed by atoms with Crippen molar-refractivity contribution in [1.29, 1.82) is 0 Å². The normalized spacial score (nSPS) is 12.4. The van der Waals surface area contributed by atoms with Gasteiger partial charge in [-0.1, -0.05) is 39.2 Å². The second kappa shape index (κ2) is 7.30. The van der Waals surface area contributed by atoms with E-state index in [9.17, 15) is 0 Å². The van der Waals surface area contributed by atoms with E-state index in [1.54, 1.807) is 0 Å². The molecule has 102 valence electrons. The van der Waals surface area contributed by atoms with Gasteiger partial charge in [-0.15, -0.1) is 0 Å². The zero-order valence-corrected chi connectivity index (χ0v) is 12.3. The van der Waals surface area contributed by atoms with Crippen LogP contribution in [0.4, 0.5) is 5.69 Å². The molecule has 0 saturated carbocycles. The van der Waals surface area contributed by atoms with Crippen LogP contribution in [-0.4, -0.2) is 6.61 Å². The van der Waals surface area contributed by atoms with Gasteiger partial charge in [0, 0.05) is 0 Å². The first-order chi connectivity index (χ1) is 8.58. The predicted octanol–water partition coefficient (Wildman–Crippen LogP) is 4.48. The Balaban J connectivity index is 2.62. The molecule has 1 aromatic carbocycles. The average molecular weight is 249 g/mol. The third kappa shape index (κ3) is 4.25. The van der Waals surface area contributed by atoms with Crippen molar-refractivity contribution in [2.45, 2.75) is 53.4 Å². The van der Waals surface area contributed by atoms with Gasteiger partial charge in [-0.3, -0.25) is 0 Å². The lowest BCUT2D eigenvalue weighted by molar-refractivity contribution is 0.233. The molecule has 0 aromatic heterocycles. The second-order valence-electron chi connectivity index (χ2n) is 5.23. The molecule has 0 spiro atoms. The van der Waals surface area contributed by atoms with Crippen molar-refractivity contribution in [3.8, 4) is 5.75 Å². The number of ether oxygens (including phenoxy) is 1. The highest BCUT2D eigenvalue weighted by molar-refractivity contribution is 5.58. The Kier molecular flexibility index (Phi) is 6.03. The van der Waals surface area contributed by atoms with E-state index in [1.807, 2.05) is 6.07 Å². The highest BCUT2D eigenvalue weighted by Gasteiger charge is 2.10. The SMILES string of the molecule is CCCCC(CC)COc1c(C)cc(C)cc1N. The Bertz CT molecular complexity index is 350. The molecule has 18 heavy (non-hydrogen) atoms. The molecular weight excluding hydrogens is 222 g/mol. The van der Waals surface area contributed by atoms with E-state index in [4.69, 9.17) is 10.5 Å². The molecule has 1 aromatic rings. The molecule has 2 nitrogen and oxygen atoms in total. The van der Waals surface area contributed by atoms with Crippen LogP contribution in [0.25, 0.3) is 0 Å². The summed E-state index contributed by atoms with van der Waals surface area (Å²) in [4.78, 5) is 0. The molecule has 0 saturated heterocycles. The predicted molar refractivity (Wildman–Crippen MR) is 79.1 cm³/mol. The van der Waals surface area contributed by atoms with Gasteiger partial charge in [-0.25, -0.2) is 0 Å². The van der Waals surface area contributed by atoms with Gasteiger partial charge in [0.15, 0.2) is 0 Å². The van der Waals surface area contributed by atoms with Crippen molar-refractivity contribution in [2.24, 2.45) is 5.92 Å². The molecule has 0 aliphatic heterocycles. The lowest BCUT2D eigenvalue weighted by Gasteiger charge is -2.18. The number of anilines is 1. The topological polar surface area (TPSA) is 35.2 Å². The van der Waals surface area contributed by atoms with Crippen LogP contribution in [0.2, 0.25) is 0 Å². The van der Waals surface area contributed by atoms with Crippen molar-refractivity contribution in [1.82, 2.24) is 0 Å². The summed E-state index contributed by atoms with van der Waals surface area (Å²) in [6.07, 6.45) is 4.95. The standard InChI is InChI=1S/C16H27NO/c1-5-7-8-14(6-2)11-18-16-13(4)9-12(3)10-15(16)17/h9-10,14H,5-8,11,17H2,1-4H3. The number of nitrogen functional groups attached to an aromatic ring is 1. The van der Waals surface area contributed by atoms with E-state index in [-0.39, 0.29) is 0 Å². The summed E-state index contributed by atoms with van der Waals surface area (Å²) in [5.74, 6) is 1.51. The van der Waals surface area contributed by atoms with Gasteiger partial charge in [0.1, 0.15) is 5.75 Å². The Morgan fingerprint density at radius 2 is 1.94 bits per heavy atom. The Labute approximate surface area is 112 Å². The minimum Gasteiger partial charge on any atom is -0.491 e. The second-order valence-corrected chi connectivity index (χ2v) is 5.23. The molecule has 0 heterocycles. The molecule has 1 atom stereocenters. The molecule has 0 bridgehead atoms. The summed E-state index contributed by atoms with van der Waals surface area (Å²) < 4.78 is 5.95. The minimum atomic E-state index is 0.644. The summed E-state index contributed by atoms with van der Waals surface area (Å²) >= 11 is 0. The largest absolute Gasteiger partial charge is 0.491 e. The quantitative estimate of drug-likeness (QED) is 0.723. The molecule has 0 radical (unpaired) electrons. The number of hydrogen-bond acceptors (Lipinski definition) is 2. The maximum absolute atomic E-state index is 6.03. The van der Waals surface area contributed by atoms with Crippen LogP contribution in [0, 0.1) is 19.8 Å². The fourth-order valence-electron chi connectivity index (χ4n) is 2.28. The van der Waals surface area contributed by atoms with E-state index >= 15 is 0 Å². The first-order valence-electron chi connectivity index (χ1n) is 7.08. The van der Waals surface area contributed by atoms with Crippen molar-refractivity contribution in [2.75, 3.05) is 12.3 Å². The van der Waals surface area contributed by atoms with Gasteiger partial charge in [0.05, 0.1) is 12.3 Å². The molecule has 2 N–H and O–H groups in total. The maximum Gasteiger partial charge on any atom is 0.145 e. The Morgan fingerprint density at radius 3 is 2.50 bits per heavy atom. The van der Waals surface area contributed by atoms with Gasteiger partial charge < -0.3 is 10.5 Å². The average Bonchev–Trinajstić information content (AvgIpc) is 2.31. The minimum absolute atomic E-state index is 0.644. The zero-order chi connectivity index (χ0) is 13.5. The molecule has 1 unspecified atom stereocenters. The van der Waals surface area contributed by atoms with E-state index in [0.29, 0.717) is 5.92 Å². The van der Waals surface area contributed by atoms with Crippen LogP contribution in [0.15, 0.2) is 12.1 Å². The fourth-order valence-corrected chi connectivity index (χ4v) is 2.28. The number of benzene rings is 1. The van der Waals surface area contributed by atoms with Crippen molar-refractivity contribution in [3.63, 3.8) is 0 Å². The number of nitrogens with two attached hydrogens (primary N) is 1. The van der Waals surface area contributed by atoms with Gasteiger partial charge in [0.2, 0.25) is 0 Å². The van der Waals surface area contributed by atoms with Gasteiger partial charge in [-0.05, 0) is 43.4 Å². The van der Waals surface area contributed by atoms with Crippen molar-refractivity contribution >= 4 is 5.69 Å². The van der Waals surface area contributed by atoms with Crippen LogP contribution in [-0.2, 0) is 0 Å². The maximum atomic E-state index is 6.03. The molecule has 0 aliphatic rings. The van der Waals surface area contributed by atoms with Crippen LogP contribution < -0.4 is 10.5 Å². The highest BCUT2D eigenvalue weighted by Crippen LogP contribution is 2.28. The van der Waals surface area contributed by atoms with Gasteiger partial charge >= 0.3 is 0 Å². The van der Waals surface area contributed by atoms with E-state index in [2.05, 4.69) is 33.8 Å². The molecule has 1 rings (SSSR count). The van der Waals surface area contributed by atoms with Crippen LogP contribution >= 0.6 is 0 Å². The number of hydrogen-bond donors (Lipinski definition) is 1. The highest BCUT2D eigenvalue weighted by atomic mass is 16.5. The summed E-state index contributed by atoms with van der Waals surface area (Å²) in [7, 11) is 0. The monoisotopic (exact) mass is 249 g/mol. The third-order valence-electron chi connectivity index (χ3n) is 3.45. The molecule has 0 fully saturated rings. The van der Waals surface area contributed by atoms with Gasteiger partial charge in [0.25, 0.3) is 0 Å². The first-order valence-corrected chi connectivity index (χ1v) is 7.08. The smallest absolute Gasteiger partial charge is 0.145 e. The van der Waals surface area contributed by atoms with E-state index in [1.165, 1.54) is 31.2 Å². The summed E-state index contributed by atoms with van der Waals surface area (Å²) in [6.45, 7) is 9.37. The first kappa shape index (κ1) is 14.9. The summed E-state index contributed by atoms with van der Waals surface area (Å²) in [6, 6.07) is 4.11. The van der Waals surface area contributed by atoms with Crippen LogP contribution in [0.5, 0.6) is 5.75 Å². The van der Waals surface area contributed by atoms with E-state index < -0.39 is 0 Å². The van der Waals surface area contributed by atoms with Crippen molar-refractivity contribution < 1.29 is 4.74 Å². The number of aryl methyl sites for hydroxylation is 2. The number of unbranched alkanes of at least 4 members (excludes halogenated alkanes) is 1. The van der Waals surface area contributed by atoms with E-state index in [0.717, 1.165) is 23.6 Å². The molecule has 0 aliphatic carbocycles. The lowest BCUT2D eigenvalue weighted by Crippen LogP contribution is -2.12. The summed E-state index contributed by atoms with van der Waals surface area (Å²) in [5, 5.41) is 0. The lowest BCUT2D eigenvalue weighted by atomic mass is 10.0. The number of rotatable bonds is 7. The molecule has 0 amide bonds. The van der Waals surface area contributed by atoms with Crippen molar-refractivity contribution in [3.05, 3.63) is 23.3 Å². The molecule has 2 heteroatoms. The Morgan fingerprint density at radius 1 is 1.22 bits per heavy atom. The van der Waals surface area contributed by atoms with Crippen LogP contribution in [0.1, 0.15) is 50.7 Å². The fraction of sp³-hybridized carbons (Fsp3) is 0.625. The Hall–Kier alpha value is -1.18. The summed E-state index contributed by atoms with van der Waals surface area (Å²) in [5.41, 5.74) is 9.11. The third-order valence-corrected chi connectivity index (χ3v) is 3.45. The van der Waals surface area contributed by atoms with Gasteiger partial charge in [-0.2, -0.15) is 0 Å². The zero-order valence-electron chi connectivity index (χ0n) is 12.3. The van der Waals surface area contributed by atoms with Crippen LogP contribution in [0.3, 0.4) is 0 Å².